The molecule has 0 atom stereocenters. The Hall–Kier alpha value is -2.65. The summed E-state index contributed by atoms with van der Waals surface area (Å²) in [5, 5.41) is 6.49. The standard InChI is InChI=1S/C20H27N5O3S/c1-5-8-21-19(26)17-14-23(4)22-20(17)29(27,28)25-11-9-24(10-12-25)18-13-15(2)6-7-16(18)3/h5-7,13-14H,1,8-12H2,2-4H3,(H,21,26). The van der Waals surface area contributed by atoms with E-state index in [1.54, 1.807) is 7.05 Å². The van der Waals surface area contributed by atoms with Crippen LogP contribution in [0.2, 0.25) is 0 Å². The molecule has 0 saturated carbocycles. The molecular weight excluding hydrogens is 390 g/mol. The normalized spacial score (nSPS) is 15.3. The van der Waals surface area contributed by atoms with E-state index in [4.69, 9.17) is 0 Å². The van der Waals surface area contributed by atoms with Crippen molar-refractivity contribution >= 4 is 21.6 Å². The number of hydrogen-bond donors (Lipinski definition) is 1. The molecule has 1 aliphatic rings. The van der Waals surface area contributed by atoms with Gasteiger partial charge in [-0.1, -0.05) is 18.2 Å². The third-order valence-electron chi connectivity index (χ3n) is 4.97. The number of nitrogens with one attached hydrogen (secondary N) is 1. The van der Waals surface area contributed by atoms with Gasteiger partial charge in [-0.3, -0.25) is 9.48 Å². The zero-order valence-corrected chi connectivity index (χ0v) is 17.9. The van der Waals surface area contributed by atoms with Crippen molar-refractivity contribution in [2.45, 2.75) is 18.9 Å². The van der Waals surface area contributed by atoms with E-state index in [0.29, 0.717) is 26.2 Å². The molecule has 2 aromatic rings. The third kappa shape index (κ3) is 4.35. The second-order valence-corrected chi connectivity index (χ2v) is 9.05. The maximum Gasteiger partial charge on any atom is 0.263 e. The molecule has 0 aliphatic carbocycles. The predicted molar refractivity (Wildman–Crippen MR) is 113 cm³/mol. The Kier molecular flexibility index (Phi) is 6.09. The highest BCUT2D eigenvalue weighted by Crippen LogP contribution is 2.25. The van der Waals surface area contributed by atoms with Gasteiger partial charge in [0.1, 0.15) is 0 Å². The molecule has 9 heteroatoms. The Bertz CT molecular complexity index is 1020. The summed E-state index contributed by atoms with van der Waals surface area (Å²) in [7, 11) is -2.28. The van der Waals surface area contributed by atoms with Gasteiger partial charge in [0.05, 0.1) is 5.56 Å². The van der Waals surface area contributed by atoms with Crippen LogP contribution in [0, 0.1) is 13.8 Å². The average Bonchev–Trinajstić information content (AvgIpc) is 3.11. The van der Waals surface area contributed by atoms with Gasteiger partial charge in [-0.2, -0.15) is 9.40 Å². The molecule has 1 saturated heterocycles. The van der Waals surface area contributed by atoms with Crippen molar-refractivity contribution in [1.82, 2.24) is 19.4 Å². The molecule has 0 spiro atoms. The number of anilines is 1. The van der Waals surface area contributed by atoms with Gasteiger partial charge in [-0.05, 0) is 31.0 Å². The summed E-state index contributed by atoms with van der Waals surface area (Å²) in [6.07, 6.45) is 2.96. The summed E-state index contributed by atoms with van der Waals surface area (Å²) in [5.41, 5.74) is 3.51. The molecule has 2 heterocycles. The van der Waals surface area contributed by atoms with Gasteiger partial charge >= 0.3 is 0 Å². The molecule has 1 N–H and O–H groups in total. The fourth-order valence-corrected chi connectivity index (χ4v) is 4.97. The Morgan fingerprint density at radius 2 is 1.93 bits per heavy atom. The van der Waals surface area contributed by atoms with E-state index in [-0.39, 0.29) is 17.1 Å². The Morgan fingerprint density at radius 1 is 1.24 bits per heavy atom. The van der Waals surface area contributed by atoms with Crippen LogP contribution in [0.15, 0.2) is 42.1 Å². The Morgan fingerprint density at radius 3 is 2.59 bits per heavy atom. The summed E-state index contributed by atoms with van der Waals surface area (Å²) in [5.74, 6) is -0.481. The maximum absolute atomic E-state index is 13.2. The summed E-state index contributed by atoms with van der Waals surface area (Å²) in [4.78, 5) is 14.6. The van der Waals surface area contributed by atoms with Crippen LogP contribution in [0.25, 0.3) is 0 Å². The van der Waals surface area contributed by atoms with Crippen molar-refractivity contribution in [3.63, 3.8) is 0 Å². The van der Waals surface area contributed by atoms with E-state index in [1.807, 2.05) is 6.92 Å². The fraction of sp³-hybridized carbons (Fsp3) is 0.400. The Balaban J connectivity index is 1.79. The first-order valence-corrected chi connectivity index (χ1v) is 10.9. The molecule has 1 aromatic carbocycles. The topological polar surface area (TPSA) is 87.5 Å². The minimum absolute atomic E-state index is 0.0475. The van der Waals surface area contributed by atoms with Crippen LogP contribution in [0.5, 0.6) is 0 Å². The second-order valence-electron chi connectivity index (χ2n) is 7.20. The largest absolute Gasteiger partial charge is 0.369 e. The highest BCUT2D eigenvalue weighted by atomic mass is 32.2. The van der Waals surface area contributed by atoms with E-state index in [2.05, 4.69) is 47.0 Å². The van der Waals surface area contributed by atoms with E-state index < -0.39 is 15.9 Å². The first-order valence-electron chi connectivity index (χ1n) is 9.49. The maximum atomic E-state index is 13.2. The van der Waals surface area contributed by atoms with Crippen LogP contribution in [-0.2, 0) is 17.1 Å². The number of carbonyl (C=O) groups excluding carboxylic acids is 1. The van der Waals surface area contributed by atoms with Gasteiger partial charge in [0.25, 0.3) is 15.9 Å². The first kappa shape index (κ1) is 21.1. The molecule has 0 unspecified atom stereocenters. The summed E-state index contributed by atoms with van der Waals surface area (Å²) < 4.78 is 29.1. The summed E-state index contributed by atoms with van der Waals surface area (Å²) in [6.45, 7) is 9.73. The molecule has 0 radical (unpaired) electrons. The molecule has 29 heavy (non-hydrogen) atoms. The van der Waals surface area contributed by atoms with E-state index >= 15 is 0 Å². The SMILES string of the molecule is C=CCNC(=O)c1cn(C)nc1S(=O)(=O)N1CCN(c2cc(C)ccc2C)CC1. The van der Waals surface area contributed by atoms with Crippen molar-refractivity contribution in [2.75, 3.05) is 37.6 Å². The molecular formula is C20H27N5O3S. The van der Waals surface area contributed by atoms with Crippen molar-refractivity contribution in [3.8, 4) is 0 Å². The smallest absolute Gasteiger partial charge is 0.263 e. The number of amides is 1. The molecule has 0 bridgehead atoms. The van der Waals surface area contributed by atoms with Gasteiger partial charge in [0, 0.05) is 51.7 Å². The van der Waals surface area contributed by atoms with Crippen LogP contribution < -0.4 is 10.2 Å². The van der Waals surface area contributed by atoms with Crippen LogP contribution in [0.3, 0.4) is 0 Å². The highest BCUT2D eigenvalue weighted by Gasteiger charge is 2.34. The van der Waals surface area contributed by atoms with Crippen LogP contribution in [0.1, 0.15) is 21.5 Å². The number of aryl methyl sites for hydroxylation is 3. The molecule has 1 fully saturated rings. The number of aromatic nitrogens is 2. The number of sulfonamides is 1. The quantitative estimate of drug-likeness (QED) is 0.719. The second kappa shape index (κ2) is 8.38. The van der Waals surface area contributed by atoms with Crippen molar-refractivity contribution < 1.29 is 13.2 Å². The van der Waals surface area contributed by atoms with Gasteiger partial charge in [0.2, 0.25) is 5.03 Å². The predicted octanol–water partition coefficient (Wildman–Crippen LogP) is 1.46. The number of carbonyl (C=O) groups is 1. The van der Waals surface area contributed by atoms with Crippen molar-refractivity contribution in [1.29, 1.82) is 0 Å². The van der Waals surface area contributed by atoms with Crippen LogP contribution in [-0.4, -0.2) is 61.1 Å². The minimum atomic E-state index is -3.88. The molecule has 8 nitrogen and oxygen atoms in total. The number of nitrogens with zero attached hydrogens (tertiary/aromatic N) is 4. The zero-order valence-electron chi connectivity index (χ0n) is 17.1. The Labute approximate surface area is 171 Å². The number of rotatable bonds is 6. The number of hydrogen-bond acceptors (Lipinski definition) is 5. The van der Waals surface area contributed by atoms with Crippen molar-refractivity contribution in [2.24, 2.45) is 7.05 Å². The molecule has 3 rings (SSSR count). The summed E-state index contributed by atoms with van der Waals surface area (Å²) >= 11 is 0. The van der Waals surface area contributed by atoms with Crippen LogP contribution in [0.4, 0.5) is 5.69 Å². The highest BCUT2D eigenvalue weighted by molar-refractivity contribution is 7.89. The summed E-state index contributed by atoms with van der Waals surface area (Å²) in [6, 6.07) is 6.27. The minimum Gasteiger partial charge on any atom is -0.369 e. The lowest BCUT2D eigenvalue weighted by Gasteiger charge is -2.36. The molecule has 156 valence electrons. The lowest BCUT2D eigenvalue weighted by molar-refractivity contribution is 0.0954. The third-order valence-corrected chi connectivity index (χ3v) is 6.81. The number of benzene rings is 1. The van der Waals surface area contributed by atoms with Gasteiger partial charge in [-0.25, -0.2) is 8.42 Å². The van der Waals surface area contributed by atoms with E-state index in [0.717, 1.165) is 11.3 Å². The lowest BCUT2D eigenvalue weighted by atomic mass is 10.1. The zero-order chi connectivity index (χ0) is 21.2. The van der Waals surface area contributed by atoms with Gasteiger partial charge in [-0.15, -0.1) is 6.58 Å². The van der Waals surface area contributed by atoms with Gasteiger partial charge in [0.15, 0.2) is 0 Å². The number of piperazine rings is 1. The molecule has 1 amide bonds. The van der Waals surface area contributed by atoms with E-state index in [9.17, 15) is 13.2 Å². The van der Waals surface area contributed by atoms with Gasteiger partial charge < -0.3 is 10.2 Å². The lowest BCUT2D eigenvalue weighted by Crippen LogP contribution is -2.49. The average molecular weight is 418 g/mol. The first-order chi connectivity index (χ1) is 13.7. The van der Waals surface area contributed by atoms with Crippen LogP contribution >= 0.6 is 0 Å². The van der Waals surface area contributed by atoms with E-state index in [1.165, 1.54) is 26.8 Å². The molecule has 1 aliphatic heterocycles. The fourth-order valence-electron chi connectivity index (χ4n) is 3.43. The van der Waals surface area contributed by atoms with Crippen molar-refractivity contribution in [3.05, 3.63) is 53.7 Å². The monoisotopic (exact) mass is 417 g/mol. The molecule has 1 aromatic heterocycles.